The zero-order valence-electron chi connectivity index (χ0n) is 10.7. The molecule has 7 heteroatoms. The third-order valence-corrected chi connectivity index (χ3v) is 3.05. The average Bonchev–Trinajstić information content (AvgIpc) is 2.45. The summed E-state index contributed by atoms with van der Waals surface area (Å²) in [5, 5.41) is 22.5. The van der Waals surface area contributed by atoms with Gasteiger partial charge in [0.05, 0.1) is 19.3 Å². The highest BCUT2D eigenvalue weighted by Crippen LogP contribution is 2.31. The van der Waals surface area contributed by atoms with E-state index in [2.05, 4.69) is 10.6 Å². The Labute approximate surface area is 115 Å². The summed E-state index contributed by atoms with van der Waals surface area (Å²) < 4.78 is 5.47. The Morgan fingerprint density at radius 2 is 2.15 bits per heavy atom. The van der Waals surface area contributed by atoms with Gasteiger partial charge in [-0.1, -0.05) is 18.2 Å². The number of aliphatic hydroxyl groups is 1. The Balaban J connectivity index is 2.01. The van der Waals surface area contributed by atoms with E-state index in [4.69, 9.17) is 14.9 Å². The molecule has 1 aliphatic rings. The molecule has 108 valence electrons. The van der Waals surface area contributed by atoms with Crippen LogP contribution in [-0.2, 0) is 4.79 Å². The van der Waals surface area contributed by atoms with Crippen LogP contribution in [0.1, 0.15) is 18.0 Å². The van der Waals surface area contributed by atoms with Crippen LogP contribution >= 0.6 is 0 Å². The van der Waals surface area contributed by atoms with E-state index in [1.54, 1.807) is 0 Å². The summed E-state index contributed by atoms with van der Waals surface area (Å²) in [6.07, 6.45) is 0.599. The van der Waals surface area contributed by atoms with Crippen LogP contribution in [0.5, 0.6) is 5.75 Å². The lowest BCUT2D eigenvalue weighted by molar-refractivity contribution is -0.140. The molecular formula is C13H16N2O5. The highest BCUT2D eigenvalue weighted by atomic mass is 16.5. The minimum atomic E-state index is -1.31. The van der Waals surface area contributed by atoms with Crippen LogP contribution in [0.3, 0.4) is 0 Å². The Morgan fingerprint density at radius 1 is 1.40 bits per heavy atom. The molecule has 2 rings (SSSR count). The average molecular weight is 280 g/mol. The molecule has 0 saturated heterocycles. The van der Waals surface area contributed by atoms with Gasteiger partial charge >= 0.3 is 12.0 Å². The zero-order valence-corrected chi connectivity index (χ0v) is 10.7. The van der Waals surface area contributed by atoms with Crippen molar-refractivity contribution in [1.29, 1.82) is 0 Å². The quantitative estimate of drug-likeness (QED) is 0.632. The van der Waals surface area contributed by atoms with Crippen LogP contribution in [0.2, 0.25) is 0 Å². The predicted octanol–water partition coefficient (Wildman–Crippen LogP) is 0.255. The number of carboxylic acids is 1. The minimum absolute atomic E-state index is 0.243. The van der Waals surface area contributed by atoms with Gasteiger partial charge in [0.1, 0.15) is 5.75 Å². The van der Waals surface area contributed by atoms with E-state index in [-0.39, 0.29) is 6.04 Å². The molecule has 0 fully saturated rings. The Kier molecular flexibility index (Phi) is 4.41. The second kappa shape index (κ2) is 6.25. The largest absolute Gasteiger partial charge is 0.493 e. The summed E-state index contributed by atoms with van der Waals surface area (Å²) in [7, 11) is 0. The first-order valence-electron chi connectivity index (χ1n) is 6.24. The molecule has 1 aromatic rings. The molecular weight excluding hydrogens is 264 g/mol. The van der Waals surface area contributed by atoms with Crippen LogP contribution < -0.4 is 15.4 Å². The van der Waals surface area contributed by atoms with Crippen molar-refractivity contribution in [3.63, 3.8) is 0 Å². The van der Waals surface area contributed by atoms with Gasteiger partial charge < -0.3 is 25.6 Å². The first kappa shape index (κ1) is 14.1. The maximum Gasteiger partial charge on any atom is 0.328 e. The number of amides is 2. The molecule has 0 saturated carbocycles. The lowest BCUT2D eigenvalue weighted by atomic mass is 10.0. The Bertz CT molecular complexity index is 505. The van der Waals surface area contributed by atoms with E-state index >= 15 is 0 Å². The lowest BCUT2D eigenvalue weighted by Gasteiger charge is -2.27. The second-order valence-corrected chi connectivity index (χ2v) is 4.42. The molecule has 1 aromatic carbocycles. The molecule has 1 aliphatic heterocycles. The Morgan fingerprint density at radius 3 is 2.85 bits per heavy atom. The number of benzene rings is 1. The maximum absolute atomic E-state index is 11.8. The molecule has 0 radical (unpaired) electrons. The number of urea groups is 1. The van der Waals surface area contributed by atoms with E-state index in [0.29, 0.717) is 18.8 Å². The van der Waals surface area contributed by atoms with Crippen molar-refractivity contribution < 1.29 is 24.5 Å². The third-order valence-electron chi connectivity index (χ3n) is 3.05. The lowest BCUT2D eigenvalue weighted by Crippen LogP contribution is -2.49. The van der Waals surface area contributed by atoms with Crippen molar-refractivity contribution in [2.24, 2.45) is 0 Å². The number of carbonyl (C=O) groups excluding carboxylic acids is 1. The molecule has 20 heavy (non-hydrogen) atoms. The molecule has 4 N–H and O–H groups in total. The summed E-state index contributed by atoms with van der Waals surface area (Å²) >= 11 is 0. The van der Waals surface area contributed by atoms with Crippen LogP contribution in [0.15, 0.2) is 24.3 Å². The summed E-state index contributed by atoms with van der Waals surface area (Å²) in [4.78, 5) is 22.5. The number of fused-ring (bicyclic) bond motifs is 1. The van der Waals surface area contributed by atoms with Crippen molar-refractivity contribution >= 4 is 12.0 Å². The highest BCUT2D eigenvalue weighted by molar-refractivity contribution is 5.82. The van der Waals surface area contributed by atoms with Gasteiger partial charge in [-0.15, -0.1) is 0 Å². The van der Waals surface area contributed by atoms with E-state index < -0.39 is 24.6 Å². The van der Waals surface area contributed by atoms with Crippen molar-refractivity contribution in [3.8, 4) is 5.75 Å². The zero-order chi connectivity index (χ0) is 14.5. The van der Waals surface area contributed by atoms with Crippen molar-refractivity contribution in [3.05, 3.63) is 29.8 Å². The number of hydrogen-bond acceptors (Lipinski definition) is 4. The fourth-order valence-electron chi connectivity index (χ4n) is 2.04. The molecule has 7 nitrogen and oxygen atoms in total. The van der Waals surface area contributed by atoms with Gasteiger partial charge in [0.15, 0.2) is 6.04 Å². The number of hydrogen-bond donors (Lipinski definition) is 4. The SMILES string of the molecule is O=C(NC1CCOc2ccccc21)N[C@@H](CO)C(=O)O. The van der Waals surface area contributed by atoms with Gasteiger partial charge in [-0.25, -0.2) is 9.59 Å². The molecule has 0 aliphatic carbocycles. The second-order valence-electron chi connectivity index (χ2n) is 4.42. The van der Waals surface area contributed by atoms with E-state index in [1.807, 2.05) is 24.3 Å². The molecule has 2 atom stereocenters. The summed E-state index contributed by atoms with van der Waals surface area (Å²) in [5.41, 5.74) is 0.852. The summed E-state index contributed by atoms with van der Waals surface area (Å²) in [6.45, 7) is -0.183. The maximum atomic E-state index is 11.8. The fourth-order valence-corrected chi connectivity index (χ4v) is 2.04. The van der Waals surface area contributed by atoms with E-state index in [9.17, 15) is 9.59 Å². The molecule has 1 heterocycles. The van der Waals surface area contributed by atoms with Crippen LogP contribution in [0.25, 0.3) is 0 Å². The predicted molar refractivity (Wildman–Crippen MR) is 69.5 cm³/mol. The molecule has 2 amide bonds. The number of nitrogens with one attached hydrogen (secondary N) is 2. The van der Waals surface area contributed by atoms with Gasteiger partial charge in [0.25, 0.3) is 0 Å². The number of ether oxygens (including phenoxy) is 1. The number of para-hydroxylation sites is 1. The fraction of sp³-hybridized carbons (Fsp3) is 0.385. The molecule has 0 bridgehead atoms. The number of carboxylic acid groups (broad SMARTS) is 1. The standard InChI is InChI=1S/C13H16N2O5/c16-7-10(12(17)18)15-13(19)14-9-5-6-20-11-4-2-1-3-8(9)11/h1-4,9-10,16H,5-7H2,(H,17,18)(H2,14,15,19)/t9?,10-/m0/s1. The van der Waals surface area contributed by atoms with Crippen molar-refractivity contribution in [2.75, 3.05) is 13.2 Å². The first-order valence-corrected chi connectivity index (χ1v) is 6.24. The number of rotatable bonds is 4. The van der Waals surface area contributed by atoms with Crippen molar-refractivity contribution in [1.82, 2.24) is 10.6 Å². The monoisotopic (exact) mass is 280 g/mol. The van der Waals surface area contributed by atoms with E-state index in [1.165, 1.54) is 0 Å². The topological polar surface area (TPSA) is 108 Å². The number of aliphatic hydroxyl groups excluding tert-OH is 1. The molecule has 0 spiro atoms. The normalized spacial score (nSPS) is 18.4. The highest BCUT2D eigenvalue weighted by Gasteiger charge is 2.24. The van der Waals surface area contributed by atoms with E-state index in [0.717, 1.165) is 5.56 Å². The number of carbonyl (C=O) groups is 2. The van der Waals surface area contributed by atoms with Crippen LogP contribution in [-0.4, -0.2) is 41.5 Å². The molecule has 1 unspecified atom stereocenters. The minimum Gasteiger partial charge on any atom is -0.493 e. The van der Waals surface area contributed by atoms with Gasteiger partial charge in [-0.2, -0.15) is 0 Å². The Hall–Kier alpha value is -2.28. The van der Waals surface area contributed by atoms with Gasteiger partial charge in [-0.3, -0.25) is 0 Å². The smallest absolute Gasteiger partial charge is 0.328 e. The first-order chi connectivity index (χ1) is 9.61. The number of aliphatic carboxylic acids is 1. The molecule has 0 aromatic heterocycles. The van der Waals surface area contributed by atoms with Gasteiger partial charge in [0, 0.05) is 12.0 Å². The van der Waals surface area contributed by atoms with Crippen molar-refractivity contribution in [2.45, 2.75) is 18.5 Å². The summed E-state index contributed by atoms with van der Waals surface area (Å²) in [6, 6.07) is 5.16. The summed E-state index contributed by atoms with van der Waals surface area (Å²) in [5.74, 6) is -0.573. The van der Waals surface area contributed by atoms with Gasteiger partial charge in [-0.05, 0) is 6.07 Å². The van der Waals surface area contributed by atoms with Gasteiger partial charge in [0.2, 0.25) is 0 Å². The third kappa shape index (κ3) is 3.18. The van der Waals surface area contributed by atoms with Crippen LogP contribution in [0.4, 0.5) is 4.79 Å². The van der Waals surface area contributed by atoms with Crippen LogP contribution in [0, 0.1) is 0 Å².